The summed E-state index contributed by atoms with van der Waals surface area (Å²) < 4.78 is 4.47. The molecule has 1 N–H and O–H groups in total. The van der Waals surface area contributed by atoms with Crippen LogP contribution < -0.4 is 5.32 Å². The molecule has 0 saturated heterocycles. The van der Waals surface area contributed by atoms with Crippen molar-refractivity contribution < 1.29 is 19.1 Å². The van der Waals surface area contributed by atoms with Crippen molar-refractivity contribution in [2.24, 2.45) is 5.92 Å². The lowest BCUT2D eigenvalue weighted by molar-refractivity contribution is -0.145. The summed E-state index contributed by atoms with van der Waals surface area (Å²) in [7, 11) is 1.30. The van der Waals surface area contributed by atoms with Gasteiger partial charge >= 0.3 is 5.97 Å². The minimum atomic E-state index is -0.530. The third-order valence-corrected chi connectivity index (χ3v) is 1.37. The highest BCUT2D eigenvalue weighted by Crippen LogP contribution is 2.01. The minimum Gasteiger partial charge on any atom is -0.467 e. The van der Waals surface area contributed by atoms with Crippen LogP contribution in [0.1, 0.15) is 27.7 Å². The van der Waals surface area contributed by atoms with Crippen molar-refractivity contribution in [2.75, 3.05) is 7.11 Å². The van der Waals surface area contributed by atoms with Crippen LogP contribution in [0, 0.1) is 5.92 Å². The number of ether oxygens (including phenoxy) is 1. The lowest BCUT2D eigenvalue weighted by Gasteiger charge is -2.16. The minimum absolute atomic E-state index is 0.0487. The molecule has 0 heterocycles. The molecule has 0 aliphatic heterocycles. The predicted octanol–water partition coefficient (Wildman–Crippen LogP) is 0.525. The average Bonchev–Trinajstić information content (AvgIpc) is 2.11. The van der Waals surface area contributed by atoms with Gasteiger partial charge in [0.05, 0.1) is 7.11 Å². The second-order valence-corrected chi connectivity index (χ2v) is 3.44. The van der Waals surface area contributed by atoms with Crippen LogP contribution in [0.15, 0.2) is 0 Å². The Kier molecular flexibility index (Phi) is 9.82. The molecular formula is C10H19NO4. The maximum absolute atomic E-state index is 10.9. The number of nitrogens with one attached hydrogen (secondary N) is 1. The van der Waals surface area contributed by atoms with Gasteiger partial charge in [0.25, 0.3) is 0 Å². The molecule has 0 radical (unpaired) electrons. The molecule has 1 unspecified atom stereocenters. The quantitative estimate of drug-likeness (QED) is 0.550. The lowest BCUT2D eigenvalue weighted by Crippen LogP contribution is -2.40. The van der Waals surface area contributed by atoms with E-state index in [1.165, 1.54) is 21.0 Å². The van der Waals surface area contributed by atoms with E-state index in [0.29, 0.717) is 6.41 Å². The molecule has 0 saturated carbocycles. The molecular weight excluding hydrogens is 198 g/mol. The zero-order chi connectivity index (χ0) is 12.4. The van der Waals surface area contributed by atoms with E-state index in [1.807, 2.05) is 13.8 Å². The molecule has 88 valence electrons. The van der Waals surface area contributed by atoms with Gasteiger partial charge in [-0.25, -0.2) is 4.79 Å². The highest BCUT2D eigenvalue weighted by molar-refractivity contribution is 5.78. The average molecular weight is 217 g/mol. The molecule has 0 aromatic heterocycles. The molecule has 0 rings (SSSR count). The van der Waals surface area contributed by atoms with E-state index >= 15 is 0 Å². The molecule has 1 amide bonds. The van der Waals surface area contributed by atoms with Crippen molar-refractivity contribution in [1.29, 1.82) is 0 Å². The Bertz CT molecular complexity index is 209. The Morgan fingerprint density at radius 1 is 1.27 bits per heavy atom. The van der Waals surface area contributed by atoms with Crippen LogP contribution in [0.5, 0.6) is 0 Å². The first-order valence-electron chi connectivity index (χ1n) is 4.61. The molecule has 1 atom stereocenters. The van der Waals surface area contributed by atoms with Crippen LogP contribution in [0.3, 0.4) is 0 Å². The van der Waals surface area contributed by atoms with Gasteiger partial charge < -0.3 is 14.8 Å². The summed E-state index contributed by atoms with van der Waals surface area (Å²) in [6.07, 6.45) is 0.502. The second-order valence-electron chi connectivity index (χ2n) is 3.44. The first kappa shape index (κ1) is 16.1. The fraction of sp³-hybridized carbons (Fsp3) is 0.700. The van der Waals surface area contributed by atoms with Crippen LogP contribution in [0.25, 0.3) is 0 Å². The summed E-state index contributed by atoms with van der Waals surface area (Å²) in [4.78, 5) is 30.4. The number of carbonyl (C=O) groups excluding carboxylic acids is 3. The molecule has 15 heavy (non-hydrogen) atoms. The van der Waals surface area contributed by atoms with E-state index in [-0.39, 0.29) is 11.7 Å². The van der Waals surface area contributed by atoms with E-state index in [0.717, 1.165) is 0 Å². The van der Waals surface area contributed by atoms with E-state index in [1.54, 1.807) is 0 Å². The van der Waals surface area contributed by atoms with Crippen molar-refractivity contribution in [3.05, 3.63) is 0 Å². The van der Waals surface area contributed by atoms with Crippen molar-refractivity contribution in [3.8, 4) is 0 Å². The normalized spacial score (nSPS) is 10.8. The molecule has 0 aromatic rings. The molecule has 0 spiro atoms. The van der Waals surface area contributed by atoms with E-state index in [9.17, 15) is 14.4 Å². The van der Waals surface area contributed by atoms with Gasteiger partial charge in [0, 0.05) is 0 Å². The fourth-order valence-electron chi connectivity index (χ4n) is 0.733. The summed E-state index contributed by atoms with van der Waals surface area (Å²) >= 11 is 0. The molecule has 5 nitrogen and oxygen atoms in total. The monoisotopic (exact) mass is 217 g/mol. The van der Waals surface area contributed by atoms with Crippen molar-refractivity contribution in [2.45, 2.75) is 33.7 Å². The smallest absolute Gasteiger partial charge is 0.328 e. The number of carbonyl (C=O) groups is 3. The van der Waals surface area contributed by atoms with Gasteiger partial charge in [-0.05, 0) is 19.8 Å². The Hall–Kier alpha value is -1.39. The molecule has 0 fully saturated rings. The largest absolute Gasteiger partial charge is 0.467 e. The maximum Gasteiger partial charge on any atom is 0.328 e. The first-order chi connectivity index (χ1) is 6.86. The summed E-state index contributed by atoms with van der Waals surface area (Å²) in [5.74, 6) is -0.195. The van der Waals surface area contributed by atoms with Gasteiger partial charge in [-0.2, -0.15) is 0 Å². The van der Waals surface area contributed by atoms with Gasteiger partial charge in [-0.15, -0.1) is 0 Å². The number of hydrogen-bond donors (Lipinski definition) is 1. The maximum atomic E-state index is 10.9. The number of rotatable bonds is 4. The highest BCUT2D eigenvalue weighted by atomic mass is 16.5. The highest BCUT2D eigenvalue weighted by Gasteiger charge is 2.21. The topological polar surface area (TPSA) is 72.5 Å². The Balaban J connectivity index is 0. The summed E-state index contributed by atoms with van der Waals surface area (Å²) in [5.41, 5.74) is 0. The lowest BCUT2D eigenvalue weighted by atomic mass is 10.1. The van der Waals surface area contributed by atoms with Crippen LogP contribution >= 0.6 is 0 Å². The molecule has 5 heteroatoms. The number of amides is 1. The van der Waals surface area contributed by atoms with Crippen LogP contribution in [-0.4, -0.2) is 31.3 Å². The zero-order valence-corrected chi connectivity index (χ0v) is 9.87. The van der Waals surface area contributed by atoms with E-state index in [4.69, 9.17) is 0 Å². The van der Waals surface area contributed by atoms with Crippen molar-refractivity contribution >= 4 is 18.2 Å². The summed E-state index contributed by atoms with van der Waals surface area (Å²) in [5, 5.41) is 2.38. The molecule has 0 aromatic carbocycles. The SMILES string of the molecule is CC(C)=O.COC(=O)C(NC=O)C(C)C. The number of ketones is 1. The van der Waals surface area contributed by atoms with Crippen LogP contribution in [-0.2, 0) is 19.1 Å². The van der Waals surface area contributed by atoms with Gasteiger partial charge in [0.2, 0.25) is 6.41 Å². The number of hydrogen-bond acceptors (Lipinski definition) is 4. The van der Waals surface area contributed by atoms with Crippen molar-refractivity contribution in [1.82, 2.24) is 5.32 Å². The third-order valence-electron chi connectivity index (χ3n) is 1.37. The van der Waals surface area contributed by atoms with Crippen molar-refractivity contribution in [3.63, 3.8) is 0 Å². The molecule has 0 aliphatic rings. The Morgan fingerprint density at radius 3 is 1.87 bits per heavy atom. The third kappa shape index (κ3) is 10.5. The van der Waals surface area contributed by atoms with Gasteiger partial charge in [0.15, 0.2) is 0 Å². The molecule has 0 aliphatic carbocycles. The number of Topliss-reactive ketones (excluding diaryl/α,β-unsaturated/α-hetero) is 1. The second kappa shape index (κ2) is 9.18. The standard InChI is InChI=1S/C7H13NO3.C3H6O/c1-5(2)6(8-4-9)7(10)11-3;1-3(2)4/h4-6H,1-3H3,(H,8,9);1-2H3. The first-order valence-corrected chi connectivity index (χ1v) is 4.61. The fourth-order valence-corrected chi connectivity index (χ4v) is 0.733. The van der Waals surface area contributed by atoms with Crippen LogP contribution in [0.2, 0.25) is 0 Å². The summed E-state index contributed by atoms with van der Waals surface area (Å²) in [6.45, 7) is 6.72. The predicted molar refractivity (Wildman–Crippen MR) is 56.2 cm³/mol. The van der Waals surface area contributed by atoms with Gasteiger partial charge in [0.1, 0.15) is 11.8 Å². The number of methoxy groups -OCH3 is 1. The zero-order valence-electron chi connectivity index (χ0n) is 9.87. The number of esters is 1. The van der Waals surface area contributed by atoms with E-state index < -0.39 is 12.0 Å². The summed E-state index contributed by atoms with van der Waals surface area (Å²) in [6, 6.07) is -0.530. The Labute approximate surface area is 90.2 Å². The van der Waals surface area contributed by atoms with Gasteiger partial charge in [-0.1, -0.05) is 13.8 Å². The molecule has 0 bridgehead atoms. The Morgan fingerprint density at radius 2 is 1.67 bits per heavy atom. The van der Waals surface area contributed by atoms with Gasteiger partial charge in [-0.3, -0.25) is 4.79 Å². The van der Waals surface area contributed by atoms with E-state index in [2.05, 4.69) is 10.1 Å². The van der Waals surface area contributed by atoms with Crippen LogP contribution in [0.4, 0.5) is 0 Å².